The first-order chi connectivity index (χ1) is 16.3. The van der Waals surface area contributed by atoms with Crippen molar-refractivity contribution in [2.75, 3.05) is 52.0 Å². The van der Waals surface area contributed by atoms with Gasteiger partial charge in [0.25, 0.3) is 0 Å². The fourth-order valence-corrected chi connectivity index (χ4v) is 3.03. The number of carbonyl (C=O) groups excluding carboxylic acids is 2. The molecule has 1 amide bonds. The Labute approximate surface area is 199 Å². The molecule has 0 saturated heterocycles. The summed E-state index contributed by atoms with van der Waals surface area (Å²) in [7, 11) is 1.32. The molecule has 2 aromatic carbocycles. The van der Waals surface area contributed by atoms with Gasteiger partial charge in [0.1, 0.15) is 12.4 Å². The van der Waals surface area contributed by atoms with Gasteiger partial charge in [0.05, 0.1) is 39.1 Å². The number of alkyl halides is 3. The maximum absolute atomic E-state index is 12.2. The molecule has 0 spiro atoms. The summed E-state index contributed by atoms with van der Waals surface area (Å²) in [6.45, 7) is 2.54. The molecule has 0 unspecified atom stereocenters. The second-order valence-electron chi connectivity index (χ2n) is 6.56. The van der Waals surface area contributed by atoms with Crippen molar-refractivity contribution in [3.05, 3.63) is 54.1 Å². The number of hydrogen-bond acceptors (Lipinski definition) is 8. The van der Waals surface area contributed by atoms with E-state index in [0.29, 0.717) is 50.9 Å². The minimum atomic E-state index is -4.92. The Morgan fingerprint density at radius 3 is 2.12 bits per heavy atom. The van der Waals surface area contributed by atoms with E-state index in [2.05, 4.69) is 9.46 Å². The van der Waals surface area contributed by atoms with Gasteiger partial charge >= 0.3 is 18.1 Å². The average Bonchev–Trinajstić information content (AvgIpc) is 2.82. The summed E-state index contributed by atoms with van der Waals surface area (Å²) < 4.78 is 60.8. The number of amides is 1. The number of ether oxygens (including phenoxy) is 4. The first-order valence-electron chi connectivity index (χ1n) is 10.1. The van der Waals surface area contributed by atoms with Crippen LogP contribution in [0.3, 0.4) is 0 Å². The smallest absolute Gasteiger partial charge is 0.471 e. The first-order valence-corrected chi connectivity index (χ1v) is 11.0. The normalized spacial score (nSPS) is 11.2. The second kappa shape index (κ2) is 14.5. The van der Waals surface area contributed by atoms with E-state index in [-0.39, 0.29) is 5.69 Å². The number of methoxy groups -OCH3 is 1. The standard InChI is InChI=1S/C22H25F3N2O6S/c1-30-20(28)16-2-6-18(7-3-16)33-15-14-32-13-12-31-11-10-26-34-19-8-4-17(5-9-19)27-21(29)22(23,24)25/h2-9,26H,10-15H2,1H3,(H,27,29). The highest BCUT2D eigenvalue weighted by atomic mass is 32.2. The van der Waals surface area contributed by atoms with Crippen LogP contribution in [0.5, 0.6) is 5.75 Å². The lowest BCUT2D eigenvalue weighted by Gasteiger charge is -2.09. The molecule has 0 atom stereocenters. The van der Waals surface area contributed by atoms with Crippen molar-refractivity contribution >= 4 is 29.5 Å². The maximum Gasteiger partial charge on any atom is 0.471 e. The third kappa shape index (κ3) is 10.4. The molecule has 0 radical (unpaired) electrons. The van der Waals surface area contributed by atoms with Crippen LogP contribution >= 0.6 is 11.9 Å². The van der Waals surface area contributed by atoms with Crippen LogP contribution < -0.4 is 14.8 Å². The average molecular weight is 503 g/mol. The van der Waals surface area contributed by atoms with E-state index in [1.807, 2.05) is 0 Å². The molecule has 8 nitrogen and oxygen atoms in total. The second-order valence-corrected chi connectivity index (χ2v) is 7.53. The lowest BCUT2D eigenvalue weighted by atomic mass is 10.2. The van der Waals surface area contributed by atoms with Gasteiger partial charge in [0.15, 0.2) is 0 Å². The fourth-order valence-electron chi connectivity index (χ4n) is 2.40. The fraction of sp³-hybridized carbons (Fsp3) is 0.364. The molecule has 12 heteroatoms. The summed E-state index contributed by atoms with van der Waals surface area (Å²) in [6, 6.07) is 12.6. The SMILES string of the molecule is COC(=O)c1ccc(OCCOCCOCCNSc2ccc(NC(=O)C(F)(F)F)cc2)cc1. The Morgan fingerprint density at radius 2 is 1.50 bits per heavy atom. The van der Waals surface area contributed by atoms with Crippen LogP contribution in [0, 0.1) is 0 Å². The van der Waals surface area contributed by atoms with E-state index in [1.165, 1.54) is 31.2 Å². The zero-order valence-electron chi connectivity index (χ0n) is 18.4. The minimum absolute atomic E-state index is 0.0666. The molecule has 0 saturated carbocycles. The molecule has 0 aliphatic rings. The van der Waals surface area contributed by atoms with Gasteiger partial charge in [-0.3, -0.25) is 9.52 Å². The first kappa shape index (κ1) is 27.4. The van der Waals surface area contributed by atoms with Crippen molar-refractivity contribution in [2.45, 2.75) is 11.1 Å². The van der Waals surface area contributed by atoms with Gasteiger partial charge < -0.3 is 24.3 Å². The minimum Gasteiger partial charge on any atom is -0.491 e. The van der Waals surface area contributed by atoms with E-state index in [1.54, 1.807) is 41.7 Å². The predicted molar refractivity (Wildman–Crippen MR) is 120 cm³/mol. The molecule has 0 bridgehead atoms. The lowest BCUT2D eigenvalue weighted by Crippen LogP contribution is -2.29. The van der Waals surface area contributed by atoms with Crippen molar-refractivity contribution in [2.24, 2.45) is 0 Å². The number of benzene rings is 2. The monoisotopic (exact) mass is 502 g/mol. The highest BCUT2D eigenvalue weighted by Crippen LogP contribution is 2.21. The summed E-state index contributed by atoms with van der Waals surface area (Å²) in [5, 5.41) is 1.78. The Hall–Kier alpha value is -2.80. The molecule has 34 heavy (non-hydrogen) atoms. The van der Waals surface area contributed by atoms with Gasteiger partial charge in [-0.15, -0.1) is 0 Å². The van der Waals surface area contributed by atoms with E-state index >= 15 is 0 Å². The number of rotatable bonds is 14. The van der Waals surface area contributed by atoms with Gasteiger partial charge in [-0.25, -0.2) is 4.79 Å². The number of anilines is 1. The molecule has 0 aromatic heterocycles. The predicted octanol–water partition coefficient (Wildman–Crippen LogP) is 3.68. The Bertz CT molecular complexity index is 895. The molecular formula is C22H25F3N2O6S. The van der Waals surface area contributed by atoms with E-state index in [0.717, 1.165) is 4.90 Å². The van der Waals surface area contributed by atoms with E-state index in [9.17, 15) is 22.8 Å². The van der Waals surface area contributed by atoms with Gasteiger partial charge in [0.2, 0.25) is 0 Å². The van der Waals surface area contributed by atoms with Crippen LogP contribution in [0.25, 0.3) is 0 Å². The van der Waals surface area contributed by atoms with E-state index < -0.39 is 18.1 Å². The van der Waals surface area contributed by atoms with Crippen LogP contribution in [-0.4, -0.2) is 64.7 Å². The summed E-state index contributed by atoms with van der Waals surface area (Å²) in [4.78, 5) is 23.0. The van der Waals surface area contributed by atoms with Crippen molar-refractivity contribution in [1.29, 1.82) is 0 Å². The molecule has 2 aromatic rings. The van der Waals surface area contributed by atoms with Crippen molar-refractivity contribution in [3.8, 4) is 5.75 Å². The van der Waals surface area contributed by atoms with Crippen LogP contribution in [0.15, 0.2) is 53.4 Å². The molecule has 0 fully saturated rings. The van der Waals surface area contributed by atoms with Crippen LogP contribution in [-0.2, 0) is 19.0 Å². The van der Waals surface area contributed by atoms with Gasteiger partial charge in [-0.2, -0.15) is 13.2 Å². The Kier molecular flexibility index (Phi) is 11.7. The van der Waals surface area contributed by atoms with Gasteiger partial charge in [-0.05, 0) is 60.5 Å². The highest BCUT2D eigenvalue weighted by molar-refractivity contribution is 7.97. The van der Waals surface area contributed by atoms with Crippen LogP contribution in [0.1, 0.15) is 10.4 Å². The molecule has 0 aliphatic heterocycles. The van der Waals surface area contributed by atoms with Crippen molar-refractivity contribution in [3.63, 3.8) is 0 Å². The molecule has 2 rings (SSSR count). The molecular weight excluding hydrogens is 477 g/mol. The number of carbonyl (C=O) groups is 2. The Morgan fingerprint density at radius 1 is 0.882 bits per heavy atom. The molecule has 2 N–H and O–H groups in total. The van der Waals surface area contributed by atoms with Gasteiger partial charge in [-0.1, -0.05) is 0 Å². The van der Waals surface area contributed by atoms with E-state index in [4.69, 9.17) is 14.2 Å². The van der Waals surface area contributed by atoms with Crippen LogP contribution in [0.4, 0.5) is 18.9 Å². The number of nitrogens with one attached hydrogen (secondary N) is 2. The van der Waals surface area contributed by atoms with Crippen molar-refractivity contribution in [1.82, 2.24) is 4.72 Å². The lowest BCUT2D eigenvalue weighted by molar-refractivity contribution is -0.167. The third-order valence-corrected chi connectivity index (χ3v) is 4.91. The maximum atomic E-state index is 12.2. The topological polar surface area (TPSA) is 95.1 Å². The quantitative estimate of drug-likeness (QED) is 0.230. The zero-order valence-corrected chi connectivity index (χ0v) is 19.2. The summed E-state index contributed by atoms with van der Waals surface area (Å²) in [5.74, 6) is -1.79. The number of hydrogen-bond donors (Lipinski definition) is 2. The van der Waals surface area contributed by atoms with Crippen molar-refractivity contribution < 1.29 is 41.7 Å². The number of halogens is 3. The van der Waals surface area contributed by atoms with Gasteiger partial charge in [0, 0.05) is 17.1 Å². The Balaban J connectivity index is 1.45. The summed E-state index contributed by atoms with van der Waals surface area (Å²) in [6.07, 6.45) is -4.92. The molecule has 0 aliphatic carbocycles. The highest BCUT2D eigenvalue weighted by Gasteiger charge is 2.38. The number of esters is 1. The zero-order chi connectivity index (χ0) is 24.8. The molecule has 0 heterocycles. The largest absolute Gasteiger partial charge is 0.491 e. The summed E-state index contributed by atoms with van der Waals surface area (Å²) in [5.41, 5.74) is 0.515. The van der Waals surface area contributed by atoms with Crippen LogP contribution in [0.2, 0.25) is 0 Å². The third-order valence-electron chi connectivity index (χ3n) is 4.05. The molecule has 186 valence electrons. The summed E-state index contributed by atoms with van der Waals surface area (Å²) >= 11 is 1.29.